The van der Waals surface area contributed by atoms with E-state index in [9.17, 15) is 9.50 Å². The van der Waals surface area contributed by atoms with Crippen LogP contribution in [0.5, 0.6) is 0 Å². The lowest BCUT2D eigenvalue weighted by Crippen LogP contribution is -2.55. The molecule has 0 bridgehead atoms. The molecule has 0 unspecified atom stereocenters. The van der Waals surface area contributed by atoms with Gasteiger partial charge in [0.25, 0.3) is 0 Å². The molecule has 0 aromatic carbocycles. The molecular weight excluding hydrogens is 311 g/mol. The summed E-state index contributed by atoms with van der Waals surface area (Å²) < 4.78 is 20.0. The Hall–Kier alpha value is -1.47. The minimum Gasteiger partial charge on any atom is -0.390 e. The lowest BCUT2D eigenvalue weighted by Gasteiger charge is -2.46. The minimum absolute atomic E-state index is 0.347. The van der Waals surface area contributed by atoms with Gasteiger partial charge < -0.3 is 19.6 Å². The van der Waals surface area contributed by atoms with Crippen LogP contribution in [0.25, 0.3) is 0 Å². The Morgan fingerprint density at radius 1 is 1.12 bits per heavy atom. The summed E-state index contributed by atoms with van der Waals surface area (Å²) in [5.41, 5.74) is -0.410. The molecule has 24 heavy (non-hydrogen) atoms. The number of piperidine rings is 1. The van der Waals surface area contributed by atoms with Crippen LogP contribution in [0.2, 0.25) is 0 Å². The van der Waals surface area contributed by atoms with Crippen molar-refractivity contribution >= 4 is 11.8 Å². The van der Waals surface area contributed by atoms with Crippen molar-refractivity contribution in [2.45, 2.75) is 50.2 Å². The second kappa shape index (κ2) is 6.44. The van der Waals surface area contributed by atoms with Crippen LogP contribution in [-0.2, 0) is 4.74 Å². The quantitative estimate of drug-likeness (QED) is 0.887. The number of hydrogen-bond donors (Lipinski definition) is 1. The third-order valence-electron chi connectivity index (χ3n) is 5.63. The smallest absolute Gasteiger partial charge is 0.227 e. The zero-order valence-electron chi connectivity index (χ0n) is 14.0. The monoisotopic (exact) mass is 336 g/mol. The molecule has 1 aromatic heterocycles. The van der Waals surface area contributed by atoms with Crippen molar-refractivity contribution in [1.29, 1.82) is 0 Å². The van der Waals surface area contributed by atoms with E-state index in [1.165, 1.54) is 6.20 Å². The fraction of sp³-hybridized carbons (Fsp3) is 0.765. The molecule has 1 aromatic rings. The number of aliphatic hydroxyl groups excluding tert-OH is 1. The summed E-state index contributed by atoms with van der Waals surface area (Å²) in [6.07, 6.45) is 6.32. The lowest BCUT2D eigenvalue weighted by molar-refractivity contribution is -0.164. The molecule has 4 rings (SSSR count). The van der Waals surface area contributed by atoms with Crippen molar-refractivity contribution in [2.24, 2.45) is 0 Å². The van der Waals surface area contributed by atoms with Gasteiger partial charge in [0.05, 0.1) is 17.9 Å². The number of hydrogen-bond acceptors (Lipinski definition) is 6. The third kappa shape index (κ3) is 2.84. The maximum absolute atomic E-state index is 14.1. The predicted molar refractivity (Wildman–Crippen MR) is 88.8 cm³/mol. The first kappa shape index (κ1) is 16.0. The van der Waals surface area contributed by atoms with E-state index in [0.717, 1.165) is 71.3 Å². The van der Waals surface area contributed by atoms with Crippen LogP contribution >= 0.6 is 0 Å². The summed E-state index contributed by atoms with van der Waals surface area (Å²) in [4.78, 5) is 12.8. The molecule has 3 saturated heterocycles. The molecule has 3 fully saturated rings. The van der Waals surface area contributed by atoms with Gasteiger partial charge in [-0.15, -0.1) is 0 Å². The first-order valence-electron chi connectivity index (χ1n) is 9.02. The first-order chi connectivity index (χ1) is 11.7. The summed E-state index contributed by atoms with van der Waals surface area (Å²) >= 11 is 0. The number of nitrogens with zero attached hydrogens (tertiary/aromatic N) is 4. The Morgan fingerprint density at radius 2 is 1.88 bits per heavy atom. The van der Waals surface area contributed by atoms with E-state index in [1.807, 2.05) is 4.90 Å². The summed E-state index contributed by atoms with van der Waals surface area (Å²) in [5, 5.41) is 10.3. The van der Waals surface area contributed by atoms with Gasteiger partial charge in [-0.05, 0) is 38.5 Å². The van der Waals surface area contributed by atoms with Gasteiger partial charge in [-0.1, -0.05) is 0 Å². The standard InChI is InChI=1S/C17H25FN4O2/c18-13-12-19-16(20-15(13)21-7-1-2-8-21)22-9-5-17(6-10-22)14(23)4-3-11-24-17/h12,14,23H,1-11H2/t14-/m0/s1. The Bertz CT molecular complexity index is 586. The number of aliphatic hydroxyl groups is 1. The van der Waals surface area contributed by atoms with Gasteiger partial charge in [0.2, 0.25) is 5.95 Å². The van der Waals surface area contributed by atoms with E-state index in [1.54, 1.807) is 0 Å². The van der Waals surface area contributed by atoms with E-state index in [2.05, 4.69) is 14.9 Å². The highest BCUT2D eigenvalue weighted by atomic mass is 19.1. The highest BCUT2D eigenvalue weighted by Crippen LogP contribution is 2.36. The number of anilines is 2. The molecule has 1 atom stereocenters. The molecule has 4 heterocycles. The van der Waals surface area contributed by atoms with Crippen LogP contribution in [0.3, 0.4) is 0 Å². The van der Waals surface area contributed by atoms with Crippen LogP contribution in [-0.4, -0.2) is 59.6 Å². The van der Waals surface area contributed by atoms with E-state index < -0.39 is 5.60 Å². The van der Waals surface area contributed by atoms with Gasteiger partial charge in [0, 0.05) is 32.8 Å². The molecule has 1 N–H and O–H groups in total. The van der Waals surface area contributed by atoms with Crippen molar-refractivity contribution in [3.63, 3.8) is 0 Å². The normalized spacial score (nSPS) is 27.0. The molecule has 7 heteroatoms. The zero-order valence-corrected chi connectivity index (χ0v) is 14.0. The summed E-state index contributed by atoms with van der Waals surface area (Å²) in [6, 6.07) is 0. The van der Waals surface area contributed by atoms with Crippen molar-refractivity contribution in [3.05, 3.63) is 12.0 Å². The highest BCUT2D eigenvalue weighted by Gasteiger charge is 2.44. The SMILES string of the molecule is O[C@H]1CCCOC12CCN(c1ncc(F)c(N3CCCC3)n1)CC2. The van der Waals surface area contributed by atoms with E-state index in [0.29, 0.717) is 11.8 Å². The second-order valence-electron chi connectivity index (χ2n) is 7.09. The second-order valence-corrected chi connectivity index (χ2v) is 7.09. The fourth-order valence-electron chi connectivity index (χ4n) is 4.13. The summed E-state index contributed by atoms with van der Waals surface area (Å²) in [5.74, 6) is 0.658. The molecule has 0 aliphatic carbocycles. The summed E-state index contributed by atoms with van der Waals surface area (Å²) in [7, 11) is 0. The molecular formula is C17H25FN4O2. The van der Waals surface area contributed by atoms with Gasteiger partial charge in [-0.3, -0.25) is 0 Å². The Balaban J connectivity index is 1.48. The van der Waals surface area contributed by atoms with Crippen molar-refractivity contribution < 1.29 is 14.2 Å². The molecule has 0 radical (unpaired) electrons. The summed E-state index contributed by atoms with van der Waals surface area (Å²) in [6.45, 7) is 3.89. The van der Waals surface area contributed by atoms with E-state index >= 15 is 0 Å². The maximum atomic E-state index is 14.1. The Kier molecular flexibility index (Phi) is 4.30. The van der Waals surface area contributed by atoms with Crippen LogP contribution in [0.1, 0.15) is 38.5 Å². The van der Waals surface area contributed by atoms with Crippen LogP contribution in [0, 0.1) is 5.82 Å². The molecule has 132 valence electrons. The van der Waals surface area contributed by atoms with Crippen molar-refractivity contribution in [3.8, 4) is 0 Å². The number of aromatic nitrogens is 2. The van der Waals surface area contributed by atoms with Crippen LogP contribution in [0.15, 0.2) is 6.20 Å². The molecule has 1 spiro atoms. The lowest BCUT2D eigenvalue weighted by atomic mass is 9.82. The minimum atomic E-state index is -0.410. The predicted octanol–water partition coefficient (Wildman–Crippen LogP) is 1.73. The molecule has 6 nitrogen and oxygen atoms in total. The van der Waals surface area contributed by atoms with Gasteiger partial charge >= 0.3 is 0 Å². The van der Waals surface area contributed by atoms with Gasteiger partial charge in [-0.25, -0.2) is 9.37 Å². The highest BCUT2D eigenvalue weighted by molar-refractivity contribution is 5.46. The van der Waals surface area contributed by atoms with E-state index in [-0.39, 0.29) is 11.9 Å². The average molecular weight is 336 g/mol. The molecule has 3 aliphatic heterocycles. The first-order valence-corrected chi connectivity index (χ1v) is 9.02. The van der Waals surface area contributed by atoms with Crippen molar-refractivity contribution in [1.82, 2.24) is 9.97 Å². The van der Waals surface area contributed by atoms with Crippen LogP contribution in [0.4, 0.5) is 16.2 Å². The Labute approximate surface area is 141 Å². The average Bonchev–Trinajstić information content (AvgIpc) is 3.13. The maximum Gasteiger partial charge on any atom is 0.227 e. The van der Waals surface area contributed by atoms with Gasteiger partial charge in [0.15, 0.2) is 11.6 Å². The van der Waals surface area contributed by atoms with Gasteiger partial charge in [-0.2, -0.15) is 4.98 Å². The van der Waals surface area contributed by atoms with E-state index in [4.69, 9.17) is 4.74 Å². The number of halogens is 1. The molecule has 0 amide bonds. The van der Waals surface area contributed by atoms with Gasteiger partial charge in [0.1, 0.15) is 0 Å². The topological polar surface area (TPSA) is 61.7 Å². The molecule has 0 saturated carbocycles. The van der Waals surface area contributed by atoms with Crippen LogP contribution < -0.4 is 9.80 Å². The number of ether oxygens (including phenoxy) is 1. The zero-order chi connectivity index (χ0) is 16.6. The Morgan fingerprint density at radius 3 is 2.58 bits per heavy atom. The van der Waals surface area contributed by atoms with Crippen molar-refractivity contribution in [2.75, 3.05) is 42.6 Å². The largest absolute Gasteiger partial charge is 0.390 e. The molecule has 3 aliphatic rings. The third-order valence-corrected chi connectivity index (χ3v) is 5.63. The fourth-order valence-corrected chi connectivity index (χ4v) is 4.13. The number of rotatable bonds is 2.